The summed E-state index contributed by atoms with van der Waals surface area (Å²) in [4.78, 5) is 91.3. The summed E-state index contributed by atoms with van der Waals surface area (Å²) in [6.07, 6.45) is -106. The Hall–Kier alpha value is -5.68. The number of aliphatic carboxylic acids is 2. The molecule has 5 amide bonds. The SMILES string of the molecule is CC(=O)N[C@@H]1[C@@H](O)[C@H](O[C@@H]2O[C@H](CO)[C@@H](O[C@@H]3O[C@H](CO[C@H]4O[C@H](CO)[C@@H](O)[C@H](O)[C@@H]4O)[C@@H](O)[C@H](O[C@H]4O[C@H](CO)[C@@H](O)[C@H](O)[C@@H]4O[C@@H]4O[C@H](COS(=O)(=O)O)[C@@H](O[C@@H]5O[C@H](CO)[C@H](O)[C@H](O[C@]6(C(=O)O)C[C@H](O)[C@@H](NC(C)=O)[C@H]([C@H](O)[C@@H](CO)O[C@]7(C(=O)O)C[C@H](O)[C@@H](NC(C)=O)[C@H]([C@H](O)[C@H](O)CO)O7)O6)[C@H]5O)[C@H](O)[C@H]4NC(C)=O)[C@@H]3O)[C@H](O)[C@H]2NC(C)=O)[C@@H](CO[C@@H]2O[C@@H](C)[C@@H](O)[C@@H](O)[C@@H]2O)O[C@H]1O. The van der Waals surface area contributed by atoms with Gasteiger partial charge >= 0.3 is 22.3 Å². The van der Waals surface area contributed by atoms with Crippen LogP contribution in [0.5, 0.6) is 0 Å². The van der Waals surface area contributed by atoms with Crippen LogP contribution in [0.25, 0.3) is 0 Å². The average Bonchev–Trinajstić information content (AvgIpc) is 0.752. The van der Waals surface area contributed by atoms with Crippen molar-refractivity contribution in [2.24, 2.45) is 0 Å². The first-order valence-corrected chi connectivity index (χ1v) is 45.3. The van der Waals surface area contributed by atoms with Crippen LogP contribution in [0.1, 0.15) is 54.4 Å². The Kier molecular flexibility index (Phi) is 41.3. The van der Waals surface area contributed by atoms with Crippen LogP contribution in [0.2, 0.25) is 0 Å². The Morgan fingerprint density at radius 3 is 1.21 bits per heavy atom. The summed E-state index contributed by atoms with van der Waals surface area (Å²) in [6, 6.07) is -10.2. The number of carboxylic acid groups (broad SMARTS) is 2. The molecule has 0 aromatic heterocycles. The molecule has 0 spiro atoms. The van der Waals surface area contributed by atoms with Crippen molar-refractivity contribution >= 4 is 51.9 Å². The maximum absolute atomic E-state index is 13.9. The van der Waals surface area contributed by atoms with E-state index in [-0.39, 0.29) is 0 Å². The normalized spacial score (nSPS) is 45.5. The van der Waals surface area contributed by atoms with Gasteiger partial charge in [0.25, 0.3) is 11.6 Å². The number of hydrogen-bond acceptors (Lipinski definition) is 56. The number of ether oxygens (including phenoxy) is 19. The molecule has 141 heavy (non-hydrogen) atoms. The third-order valence-corrected chi connectivity index (χ3v) is 25.4. The van der Waals surface area contributed by atoms with E-state index in [2.05, 4.69) is 30.8 Å². The highest BCUT2D eigenvalue weighted by Gasteiger charge is 2.66. The fourth-order valence-corrected chi connectivity index (χ4v) is 18.1. The maximum Gasteiger partial charge on any atom is 0.397 e. The van der Waals surface area contributed by atoms with Crippen molar-refractivity contribution in [3.8, 4) is 0 Å². The molecule has 0 unspecified atom stereocenters. The largest absolute Gasteiger partial charge is 0.477 e. The number of rotatable bonds is 40. The minimum Gasteiger partial charge on any atom is -0.477 e. The summed E-state index contributed by atoms with van der Waals surface area (Å²) in [6.45, 7) is -6.08. The van der Waals surface area contributed by atoms with Crippen LogP contribution in [-0.4, -0.2) is 580 Å². The molecule has 0 aromatic carbocycles. The monoisotopic (exact) mass is 2080 g/mol. The Bertz CT molecular complexity index is 4190. The van der Waals surface area contributed by atoms with Crippen LogP contribution in [0.4, 0.5) is 0 Å². The number of hydrogen-bond donors (Lipinski definition) is 35. The van der Waals surface area contributed by atoms with E-state index in [1.54, 1.807) is 0 Å². The summed E-state index contributed by atoms with van der Waals surface area (Å²) < 4.78 is 151. The second-order valence-corrected chi connectivity index (χ2v) is 36.2. The van der Waals surface area contributed by atoms with Gasteiger partial charge in [-0.05, 0) is 6.92 Å². The van der Waals surface area contributed by atoms with Gasteiger partial charge in [-0.1, -0.05) is 0 Å². The van der Waals surface area contributed by atoms with E-state index in [0.717, 1.165) is 34.6 Å². The van der Waals surface area contributed by atoms with Gasteiger partial charge in [0.15, 0.2) is 50.3 Å². The van der Waals surface area contributed by atoms with Crippen molar-refractivity contribution in [1.82, 2.24) is 26.6 Å². The Balaban J connectivity index is 0.951. The molecule has 35 N–H and O–H groups in total. The molecule has 0 saturated carbocycles. The number of amides is 5. The van der Waals surface area contributed by atoms with E-state index in [4.69, 9.17) is 90.0 Å². The molecule has 65 heteroatoms. The van der Waals surface area contributed by atoms with Gasteiger partial charge in [-0.3, -0.25) is 28.5 Å². The average molecular weight is 2080 g/mol. The second kappa shape index (κ2) is 49.6. The van der Waals surface area contributed by atoms with Crippen LogP contribution >= 0.6 is 0 Å². The molecular formula is C76H125N5O59S. The van der Waals surface area contributed by atoms with Crippen molar-refractivity contribution in [2.75, 3.05) is 59.5 Å². The van der Waals surface area contributed by atoms with E-state index < -0.39 is 442 Å². The van der Waals surface area contributed by atoms with Crippen LogP contribution in [-0.2, 0) is 138 Å². The topological polar surface area (TPSA) is 1010 Å². The van der Waals surface area contributed by atoms with Crippen molar-refractivity contribution in [3.63, 3.8) is 0 Å². The van der Waals surface area contributed by atoms with Gasteiger partial charge in [0.05, 0.1) is 89.9 Å². The molecule has 52 atom stereocenters. The van der Waals surface area contributed by atoms with Gasteiger partial charge in [-0.2, -0.15) is 8.42 Å². The zero-order chi connectivity index (χ0) is 105. The molecular weight excluding hydrogens is 1960 g/mol. The summed E-state index contributed by atoms with van der Waals surface area (Å²) in [5, 5.41) is 338. The molecule has 0 aromatic rings. The lowest BCUT2D eigenvalue weighted by Gasteiger charge is -2.52. The van der Waals surface area contributed by atoms with Crippen LogP contribution in [0.3, 0.4) is 0 Å². The summed E-state index contributed by atoms with van der Waals surface area (Å²) in [5.74, 6) is -16.9. The molecule has 0 bridgehead atoms. The van der Waals surface area contributed by atoms with Crippen LogP contribution < -0.4 is 26.6 Å². The third-order valence-electron chi connectivity index (χ3n) is 25.0. The van der Waals surface area contributed by atoms with E-state index in [0.29, 0.717) is 0 Å². The predicted octanol–water partition coefficient (Wildman–Crippen LogP) is -22.8. The van der Waals surface area contributed by atoms with Gasteiger partial charge in [-0.15, -0.1) is 0 Å². The van der Waals surface area contributed by atoms with Gasteiger partial charge < -0.3 is 265 Å². The lowest BCUT2D eigenvalue weighted by molar-refractivity contribution is -0.400. The fourth-order valence-electron chi connectivity index (χ4n) is 17.7. The zero-order valence-electron chi connectivity index (χ0n) is 75.3. The molecule has 0 radical (unpaired) electrons. The number of carbonyl (C=O) groups is 7. The van der Waals surface area contributed by atoms with Crippen molar-refractivity contribution < 1.29 is 289 Å². The highest BCUT2D eigenvalue weighted by atomic mass is 32.3. The first-order valence-electron chi connectivity index (χ1n) is 43.9. The van der Waals surface area contributed by atoms with Crippen molar-refractivity contribution in [2.45, 2.75) is 372 Å². The first-order chi connectivity index (χ1) is 66.0. The minimum atomic E-state index is -5.76. The number of nitrogens with one attached hydrogen (secondary N) is 5. The van der Waals surface area contributed by atoms with E-state index in [1.165, 1.54) is 6.92 Å². The summed E-state index contributed by atoms with van der Waals surface area (Å²) in [5.41, 5.74) is 0. The standard InChI is InChI=1S/C76H125N5O59S/c1-18-40(96)50(106)53(109)68(124-18)122-16-33-58(47(103)37(65(113)125-33)79-21(4)90)132-66-38(80-22(5)91)48(104)57(31(14-87)129-66)133-70-55(111)62(46(102)32(130-70)15-121-69-54(110)51(107)42(98)27(10-83)126-69)135-72-64(52(108)43(99)28(11-84)128-72)136-67-39(81-23(6)92)49(105)59(34(131-67)17-123-141(118,119)120)134-71-56(112)63(44(100)29(12-85)127-71)140-76(74(116)117)8-25(94)36(78-20(3)89)61(139-76)45(101)30(13-86)137-75(73(114)115)7-24(93)35(77-19(2)88)60(138-75)41(97)26(95)9-82/h18,24-72,82-87,93-113H,7-17H2,1-6H3,(H,77,88)(H,78,89)(H,79,90)(H,80,91)(H,81,92)(H,114,115)(H,116,117)(H,118,119,120)/t18-,24-,25-,26+,27+,28+,29+,30+,31+,32+,33+,34+,35+,36+,37+,38+,39+,40+,41+,42+,43+,44-,45+,46+,47+,48+,49+,50+,51-,52-,53-,54-,55-,56+,57+,58+,59+,60+,61+,62-,63-,64-,65+,66-,67-,68+,69-,70-,71-,72+,75+,76-/m0/s1. The summed E-state index contributed by atoms with van der Waals surface area (Å²) in [7, 11) is -5.76. The smallest absolute Gasteiger partial charge is 0.397 e. The first kappa shape index (κ1) is 117. The number of carboxylic acids is 2. The maximum atomic E-state index is 13.9. The molecule has 64 nitrogen and oxygen atoms in total. The highest BCUT2D eigenvalue weighted by molar-refractivity contribution is 7.80. The predicted molar refractivity (Wildman–Crippen MR) is 431 cm³/mol. The quantitative estimate of drug-likeness (QED) is 0.0253. The molecule has 0 aliphatic carbocycles. The molecule has 10 aliphatic heterocycles. The molecule has 10 saturated heterocycles. The fraction of sp³-hybridized carbons (Fsp3) is 0.908. The molecule has 10 aliphatic rings. The van der Waals surface area contributed by atoms with Crippen LogP contribution in [0, 0.1) is 0 Å². The Morgan fingerprint density at radius 2 is 0.723 bits per heavy atom. The van der Waals surface area contributed by atoms with Gasteiger partial charge in [0.1, 0.15) is 226 Å². The molecule has 814 valence electrons. The Labute approximate surface area is 796 Å². The molecule has 10 heterocycles. The lowest BCUT2D eigenvalue weighted by atomic mass is 9.87. The van der Waals surface area contributed by atoms with E-state index in [1.807, 2.05) is 0 Å². The molecule has 10 fully saturated rings. The number of carbonyl (C=O) groups excluding carboxylic acids is 5. The van der Waals surface area contributed by atoms with Crippen molar-refractivity contribution in [1.29, 1.82) is 0 Å². The lowest BCUT2D eigenvalue weighted by Crippen LogP contribution is -2.72. The minimum absolute atomic E-state index is 0.756. The number of aliphatic hydroxyl groups is 27. The summed E-state index contributed by atoms with van der Waals surface area (Å²) >= 11 is 0. The van der Waals surface area contributed by atoms with E-state index >= 15 is 0 Å². The van der Waals surface area contributed by atoms with E-state index in [9.17, 15) is 195 Å². The van der Waals surface area contributed by atoms with Gasteiger partial charge in [0, 0.05) is 47.5 Å². The zero-order valence-corrected chi connectivity index (χ0v) is 76.1. The Morgan fingerprint density at radius 1 is 0.355 bits per heavy atom. The highest BCUT2D eigenvalue weighted by Crippen LogP contribution is 2.44. The van der Waals surface area contributed by atoms with Gasteiger partial charge in [-0.25, -0.2) is 13.8 Å². The van der Waals surface area contributed by atoms with Crippen LogP contribution in [0.15, 0.2) is 0 Å². The van der Waals surface area contributed by atoms with Crippen molar-refractivity contribution in [3.05, 3.63) is 0 Å². The van der Waals surface area contributed by atoms with Gasteiger partial charge in [0.2, 0.25) is 29.5 Å². The number of aliphatic hydroxyl groups excluding tert-OH is 27. The molecule has 10 rings (SSSR count). The third kappa shape index (κ3) is 26.8. The second-order valence-electron chi connectivity index (χ2n) is 35.1.